The van der Waals surface area contributed by atoms with Gasteiger partial charge in [0.2, 0.25) is 0 Å². The van der Waals surface area contributed by atoms with Crippen LogP contribution in [0.4, 0.5) is 0 Å². The summed E-state index contributed by atoms with van der Waals surface area (Å²) >= 11 is 0. The largest absolute Gasteiger partial charge is 0.479 e. The maximum Gasteiger partial charge on any atom is 0.335 e. The molecule has 1 rings (SSSR count). The van der Waals surface area contributed by atoms with Crippen LogP contribution in [0, 0.1) is 13.8 Å². The predicted molar refractivity (Wildman–Crippen MR) is 82.1 cm³/mol. The van der Waals surface area contributed by atoms with E-state index >= 15 is 0 Å². The van der Waals surface area contributed by atoms with Crippen LogP contribution >= 0.6 is 0 Å². The number of aryl methyl sites for hydroxylation is 2. The van der Waals surface area contributed by atoms with Gasteiger partial charge in [0.15, 0.2) is 12.2 Å². The number of carboxylic acids is 2. The Hall–Kier alpha value is -2.00. The number of rotatable bonds is 6. The molecule has 1 aromatic carbocycles. The van der Waals surface area contributed by atoms with Crippen LogP contribution in [0.25, 0.3) is 0 Å². The SMILES string of the molecule is Cc1cccc(C)c1C(CN)CO.O=C(O)C(O)[C@H](O)C(=O)O. The van der Waals surface area contributed by atoms with Gasteiger partial charge in [0.1, 0.15) is 0 Å². The summed E-state index contributed by atoms with van der Waals surface area (Å²) in [5, 5.41) is 41.7. The number of hydrogen-bond acceptors (Lipinski definition) is 6. The summed E-state index contributed by atoms with van der Waals surface area (Å²) in [4.78, 5) is 19.5. The van der Waals surface area contributed by atoms with Gasteiger partial charge in [-0.15, -0.1) is 0 Å². The first-order valence-corrected chi connectivity index (χ1v) is 6.86. The molecule has 8 heteroatoms. The van der Waals surface area contributed by atoms with Crippen molar-refractivity contribution in [3.05, 3.63) is 34.9 Å². The van der Waals surface area contributed by atoms with E-state index in [4.69, 9.17) is 31.3 Å². The average molecular weight is 329 g/mol. The Balaban J connectivity index is 0.000000438. The standard InChI is InChI=1S/C11H17NO.C4H6O6/c1-8-4-3-5-9(2)11(8)10(6-12)7-13;5-1(3(7)8)2(6)4(9)10/h3-5,10,13H,6-7,12H2,1-2H3;1-2,5-6H,(H,7,8)(H,9,10)/t;1-,2?/m.0/s1. The van der Waals surface area contributed by atoms with Crippen LogP contribution in [0.15, 0.2) is 18.2 Å². The van der Waals surface area contributed by atoms with E-state index in [0.29, 0.717) is 6.54 Å². The Kier molecular flexibility index (Phi) is 9.04. The van der Waals surface area contributed by atoms with Gasteiger partial charge in [-0.05, 0) is 30.5 Å². The summed E-state index contributed by atoms with van der Waals surface area (Å²) in [6.07, 6.45) is -4.53. The highest BCUT2D eigenvalue weighted by Gasteiger charge is 2.29. The fourth-order valence-electron chi connectivity index (χ4n) is 2.03. The number of carbonyl (C=O) groups is 2. The van der Waals surface area contributed by atoms with Crippen LogP contribution in [-0.2, 0) is 9.59 Å². The van der Waals surface area contributed by atoms with Crippen molar-refractivity contribution in [1.29, 1.82) is 0 Å². The van der Waals surface area contributed by atoms with Crippen molar-refractivity contribution in [1.82, 2.24) is 0 Å². The van der Waals surface area contributed by atoms with Gasteiger partial charge in [-0.2, -0.15) is 0 Å². The third kappa shape index (κ3) is 6.33. The van der Waals surface area contributed by atoms with E-state index in [9.17, 15) is 9.59 Å². The van der Waals surface area contributed by atoms with Gasteiger partial charge in [0.05, 0.1) is 6.61 Å². The van der Waals surface area contributed by atoms with Crippen molar-refractivity contribution in [2.45, 2.75) is 32.0 Å². The molecule has 3 atom stereocenters. The number of aliphatic hydroxyl groups excluding tert-OH is 3. The lowest BCUT2D eigenvalue weighted by Crippen LogP contribution is -2.39. The summed E-state index contributed by atoms with van der Waals surface area (Å²) in [6.45, 7) is 4.74. The van der Waals surface area contributed by atoms with E-state index in [-0.39, 0.29) is 12.5 Å². The van der Waals surface area contributed by atoms with Crippen LogP contribution in [-0.4, -0.2) is 62.8 Å². The van der Waals surface area contributed by atoms with Crippen LogP contribution in [0.3, 0.4) is 0 Å². The zero-order valence-electron chi connectivity index (χ0n) is 13.0. The number of aliphatic hydroxyl groups is 3. The Morgan fingerprint density at radius 2 is 1.43 bits per heavy atom. The Bertz CT molecular complexity index is 490. The fourth-order valence-corrected chi connectivity index (χ4v) is 2.03. The number of nitrogens with two attached hydrogens (primary N) is 1. The first kappa shape index (κ1) is 21.0. The fraction of sp³-hybridized carbons (Fsp3) is 0.467. The lowest BCUT2D eigenvalue weighted by atomic mass is 9.91. The second kappa shape index (κ2) is 9.90. The van der Waals surface area contributed by atoms with E-state index in [1.807, 2.05) is 6.07 Å². The number of hydrogen-bond donors (Lipinski definition) is 6. The van der Waals surface area contributed by atoms with Crippen molar-refractivity contribution < 1.29 is 35.1 Å². The van der Waals surface area contributed by atoms with Crippen molar-refractivity contribution >= 4 is 11.9 Å². The minimum atomic E-state index is -2.27. The van der Waals surface area contributed by atoms with Crippen molar-refractivity contribution in [3.8, 4) is 0 Å². The second-order valence-corrected chi connectivity index (χ2v) is 4.99. The first-order chi connectivity index (χ1) is 10.7. The van der Waals surface area contributed by atoms with Gasteiger partial charge in [0, 0.05) is 12.5 Å². The third-order valence-corrected chi connectivity index (χ3v) is 3.26. The average Bonchev–Trinajstić information content (AvgIpc) is 2.50. The molecule has 130 valence electrons. The summed E-state index contributed by atoms with van der Waals surface area (Å²) < 4.78 is 0. The highest BCUT2D eigenvalue weighted by atomic mass is 16.4. The van der Waals surface area contributed by atoms with Crippen LogP contribution in [0.2, 0.25) is 0 Å². The highest BCUT2D eigenvalue weighted by Crippen LogP contribution is 2.22. The lowest BCUT2D eigenvalue weighted by molar-refractivity contribution is -0.165. The van der Waals surface area contributed by atoms with Crippen LogP contribution in [0.1, 0.15) is 22.6 Å². The van der Waals surface area contributed by atoms with E-state index < -0.39 is 24.1 Å². The molecule has 0 fully saturated rings. The minimum Gasteiger partial charge on any atom is -0.479 e. The zero-order chi connectivity index (χ0) is 18.2. The summed E-state index contributed by atoms with van der Waals surface area (Å²) in [7, 11) is 0. The lowest BCUT2D eigenvalue weighted by Gasteiger charge is -2.17. The maximum atomic E-state index is 9.77. The van der Waals surface area contributed by atoms with Gasteiger partial charge in [-0.25, -0.2) is 9.59 Å². The summed E-state index contributed by atoms with van der Waals surface area (Å²) in [5.41, 5.74) is 9.22. The summed E-state index contributed by atoms with van der Waals surface area (Å²) in [5.74, 6) is -3.45. The van der Waals surface area contributed by atoms with E-state index in [2.05, 4.69) is 26.0 Å². The number of carboxylic acid groups (broad SMARTS) is 2. The molecular formula is C15H23NO7. The van der Waals surface area contributed by atoms with Gasteiger partial charge in [-0.3, -0.25) is 0 Å². The molecule has 2 unspecified atom stereocenters. The number of benzene rings is 1. The molecule has 0 spiro atoms. The van der Waals surface area contributed by atoms with Crippen molar-refractivity contribution in [3.63, 3.8) is 0 Å². The summed E-state index contributed by atoms with van der Waals surface area (Å²) in [6, 6.07) is 6.14. The number of aliphatic carboxylic acids is 2. The molecular weight excluding hydrogens is 306 g/mol. The van der Waals surface area contributed by atoms with Gasteiger partial charge >= 0.3 is 11.9 Å². The normalized spacial score (nSPS) is 14.2. The van der Waals surface area contributed by atoms with Crippen molar-refractivity contribution in [2.24, 2.45) is 5.73 Å². The Labute approximate surface area is 133 Å². The molecule has 0 aliphatic rings. The molecule has 0 saturated heterocycles. The van der Waals surface area contributed by atoms with E-state index in [1.54, 1.807) is 0 Å². The monoisotopic (exact) mass is 329 g/mol. The third-order valence-electron chi connectivity index (χ3n) is 3.26. The smallest absolute Gasteiger partial charge is 0.335 e. The van der Waals surface area contributed by atoms with Gasteiger partial charge in [-0.1, -0.05) is 18.2 Å². The Morgan fingerprint density at radius 3 is 1.70 bits per heavy atom. The molecule has 0 radical (unpaired) electrons. The zero-order valence-corrected chi connectivity index (χ0v) is 13.0. The molecule has 0 aliphatic carbocycles. The van der Waals surface area contributed by atoms with Crippen LogP contribution < -0.4 is 5.73 Å². The molecule has 7 N–H and O–H groups in total. The second-order valence-electron chi connectivity index (χ2n) is 4.99. The van der Waals surface area contributed by atoms with Crippen LogP contribution in [0.5, 0.6) is 0 Å². The maximum absolute atomic E-state index is 9.77. The van der Waals surface area contributed by atoms with Gasteiger partial charge in [0.25, 0.3) is 0 Å². The molecule has 0 aliphatic heterocycles. The quantitative estimate of drug-likeness (QED) is 0.396. The molecule has 0 heterocycles. The minimum absolute atomic E-state index is 0.0844. The molecule has 0 amide bonds. The molecule has 0 saturated carbocycles. The molecule has 8 nitrogen and oxygen atoms in total. The molecule has 23 heavy (non-hydrogen) atoms. The molecule has 0 aromatic heterocycles. The Morgan fingerprint density at radius 1 is 1.04 bits per heavy atom. The van der Waals surface area contributed by atoms with E-state index in [0.717, 1.165) is 0 Å². The van der Waals surface area contributed by atoms with Crippen molar-refractivity contribution in [2.75, 3.05) is 13.2 Å². The van der Waals surface area contributed by atoms with E-state index in [1.165, 1.54) is 16.7 Å². The molecule has 0 bridgehead atoms. The molecule has 1 aromatic rings. The topological polar surface area (TPSA) is 161 Å². The first-order valence-electron chi connectivity index (χ1n) is 6.86. The predicted octanol–water partition coefficient (Wildman–Crippen LogP) is -0.785. The van der Waals surface area contributed by atoms with Gasteiger partial charge < -0.3 is 31.3 Å². The highest BCUT2D eigenvalue weighted by molar-refractivity contribution is 5.83.